The topological polar surface area (TPSA) is 64.4 Å². The number of rotatable bonds is 8. The van der Waals surface area contributed by atoms with Crippen LogP contribution in [0.4, 0.5) is 0 Å². The molecule has 0 bridgehead atoms. The number of aliphatic imine (C=N–C) groups is 1. The lowest BCUT2D eigenvalue weighted by molar-refractivity contribution is -0.117. The molecule has 1 aromatic carbocycles. The average molecular weight is 444 g/mol. The number of amides is 1. The van der Waals surface area contributed by atoms with Crippen LogP contribution in [-0.2, 0) is 16.0 Å². The molecule has 0 saturated heterocycles. The molecule has 0 aliphatic heterocycles. The van der Waals surface area contributed by atoms with Gasteiger partial charge in [-0.3, -0.25) is 4.79 Å². The van der Waals surface area contributed by atoms with Gasteiger partial charge in [-0.15, -0.1) is 0 Å². The molecule has 7 heteroatoms. The van der Waals surface area contributed by atoms with Crippen molar-refractivity contribution >= 4 is 34.8 Å². The highest BCUT2D eigenvalue weighted by molar-refractivity contribution is 6.42. The second kappa shape index (κ2) is 11.0. The number of ether oxygens (including phenoxy) is 1. The number of allylic oxidation sites excluding steroid dienone is 3. The van der Waals surface area contributed by atoms with Crippen LogP contribution in [0.2, 0.25) is 10.0 Å². The molecule has 2 aromatic rings. The molecular formula is C23H23Cl2N3O2. The molecule has 1 unspecified atom stereocenters. The standard InChI is InChI=1S/C23H23Cl2N3O2/c1-2-3-4-12-30-22-15-17(8-9-18(22)21-6-5-11-26-28-21)27-23(29)14-16-7-10-19(24)20(25)13-16/h5-11,13,15,18H,2-4,12,14H2,1H3. The highest BCUT2D eigenvalue weighted by Gasteiger charge is 2.21. The van der Waals surface area contributed by atoms with Gasteiger partial charge in [0.05, 0.1) is 40.4 Å². The van der Waals surface area contributed by atoms with Gasteiger partial charge in [0.1, 0.15) is 5.76 Å². The van der Waals surface area contributed by atoms with Gasteiger partial charge in [-0.1, -0.05) is 55.1 Å². The molecule has 30 heavy (non-hydrogen) atoms. The number of nitrogens with zero attached hydrogens (tertiary/aromatic N) is 3. The molecule has 1 aliphatic rings. The van der Waals surface area contributed by atoms with E-state index in [1.165, 1.54) is 0 Å². The van der Waals surface area contributed by atoms with Crippen molar-refractivity contribution in [2.75, 3.05) is 6.61 Å². The summed E-state index contributed by atoms with van der Waals surface area (Å²) in [6.45, 7) is 2.75. The lowest BCUT2D eigenvalue weighted by Gasteiger charge is -2.20. The first-order valence-corrected chi connectivity index (χ1v) is 10.7. The summed E-state index contributed by atoms with van der Waals surface area (Å²) < 4.78 is 6.03. The molecule has 1 heterocycles. The first kappa shape index (κ1) is 22.2. The van der Waals surface area contributed by atoms with Gasteiger partial charge >= 0.3 is 0 Å². The summed E-state index contributed by atoms with van der Waals surface area (Å²) in [4.78, 5) is 16.7. The number of aromatic nitrogens is 2. The maximum Gasteiger partial charge on any atom is 0.250 e. The van der Waals surface area contributed by atoms with Crippen LogP contribution < -0.4 is 0 Å². The van der Waals surface area contributed by atoms with Crippen molar-refractivity contribution in [3.8, 4) is 0 Å². The number of hydrogen-bond acceptors (Lipinski definition) is 4. The largest absolute Gasteiger partial charge is 0.497 e. The zero-order valence-electron chi connectivity index (χ0n) is 16.7. The number of halogens is 2. The smallest absolute Gasteiger partial charge is 0.250 e. The molecule has 1 amide bonds. The van der Waals surface area contributed by atoms with Crippen LogP contribution in [0, 0.1) is 0 Å². The molecule has 0 N–H and O–H groups in total. The van der Waals surface area contributed by atoms with Crippen molar-refractivity contribution in [1.82, 2.24) is 10.2 Å². The fourth-order valence-electron chi connectivity index (χ4n) is 3.05. The van der Waals surface area contributed by atoms with Crippen LogP contribution in [0.1, 0.15) is 43.4 Å². The molecule has 156 valence electrons. The quantitative estimate of drug-likeness (QED) is 0.488. The monoisotopic (exact) mass is 443 g/mol. The summed E-state index contributed by atoms with van der Waals surface area (Å²) in [6, 6.07) is 8.87. The Morgan fingerprint density at radius 3 is 2.80 bits per heavy atom. The van der Waals surface area contributed by atoms with Gasteiger partial charge in [0.15, 0.2) is 0 Å². The number of carbonyl (C=O) groups excluding carboxylic acids is 1. The minimum absolute atomic E-state index is 0.141. The molecule has 0 radical (unpaired) electrons. The van der Waals surface area contributed by atoms with E-state index in [1.807, 2.05) is 24.3 Å². The zero-order valence-corrected chi connectivity index (χ0v) is 18.2. The third-order valence-corrected chi connectivity index (χ3v) is 5.32. The Balaban J connectivity index is 1.75. The highest BCUT2D eigenvalue weighted by atomic mass is 35.5. The van der Waals surface area contributed by atoms with E-state index in [-0.39, 0.29) is 18.2 Å². The second-order valence-corrected chi connectivity index (χ2v) is 7.76. The van der Waals surface area contributed by atoms with E-state index in [1.54, 1.807) is 30.5 Å². The molecule has 1 aromatic heterocycles. The van der Waals surface area contributed by atoms with Gasteiger partial charge in [-0.05, 0) is 42.3 Å². The number of benzene rings is 1. The fourth-order valence-corrected chi connectivity index (χ4v) is 3.37. The van der Waals surface area contributed by atoms with E-state index >= 15 is 0 Å². The second-order valence-electron chi connectivity index (χ2n) is 6.94. The van der Waals surface area contributed by atoms with Crippen LogP contribution in [0.5, 0.6) is 0 Å². The van der Waals surface area contributed by atoms with Crippen LogP contribution in [0.25, 0.3) is 0 Å². The van der Waals surface area contributed by atoms with E-state index in [0.717, 1.165) is 36.3 Å². The summed E-state index contributed by atoms with van der Waals surface area (Å²) in [6.07, 6.45) is 10.5. The van der Waals surface area contributed by atoms with Gasteiger partial charge < -0.3 is 4.74 Å². The lowest BCUT2D eigenvalue weighted by atomic mass is 9.96. The van der Waals surface area contributed by atoms with Crippen molar-refractivity contribution in [2.45, 2.75) is 38.5 Å². The summed E-state index contributed by atoms with van der Waals surface area (Å²) in [5.41, 5.74) is 2.10. The van der Waals surface area contributed by atoms with E-state index < -0.39 is 0 Å². The molecule has 0 saturated carbocycles. The van der Waals surface area contributed by atoms with Gasteiger partial charge in [0, 0.05) is 12.3 Å². The van der Waals surface area contributed by atoms with E-state index in [9.17, 15) is 4.79 Å². The van der Waals surface area contributed by atoms with Crippen molar-refractivity contribution < 1.29 is 9.53 Å². The average Bonchev–Trinajstić information content (AvgIpc) is 2.74. The Morgan fingerprint density at radius 2 is 2.07 bits per heavy atom. The van der Waals surface area contributed by atoms with E-state index in [4.69, 9.17) is 27.9 Å². The Bertz CT molecular complexity index is 972. The van der Waals surface area contributed by atoms with E-state index in [0.29, 0.717) is 22.4 Å². The van der Waals surface area contributed by atoms with Gasteiger partial charge in [0.25, 0.3) is 5.91 Å². The number of unbranched alkanes of at least 4 members (excludes halogenated alkanes) is 2. The summed E-state index contributed by atoms with van der Waals surface area (Å²) >= 11 is 12.0. The molecule has 5 nitrogen and oxygen atoms in total. The molecule has 1 aliphatic carbocycles. The predicted molar refractivity (Wildman–Crippen MR) is 120 cm³/mol. The van der Waals surface area contributed by atoms with Crippen LogP contribution in [-0.4, -0.2) is 28.4 Å². The van der Waals surface area contributed by atoms with Gasteiger partial charge in [-0.2, -0.15) is 10.2 Å². The first-order chi connectivity index (χ1) is 14.6. The molecule has 0 spiro atoms. The van der Waals surface area contributed by atoms with Crippen LogP contribution in [0.3, 0.4) is 0 Å². The molecule has 1 atom stereocenters. The molecule has 0 fully saturated rings. The summed E-state index contributed by atoms with van der Waals surface area (Å²) in [7, 11) is 0. The van der Waals surface area contributed by atoms with Crippen LogP contribution in [0.15, 0.2) is 65.5 Å². The van der Waals surface area contributed by atoms with E-state index in [2.05, 4.69) is 22.1 Å². The minimum atomic E-state index is -0.271. The van der Waals surface area contributed by atoms with Crippen molar-refractivity contribution in [1.29, 1.82) is 0 Å². The minimum Gasteiger partial charge on any atom is -0.497 e. The lowest BCUT2D eigenvalue weighted by Crippen LogP contribution is -2.14. The zero-order chi connectivity index (χ0) is 21.3. The molecule has 3 rings (SSSR count). The maximum absolute atomic E-state index is 12.4. The van der Waals surface area contributed by atoms with Gasteiger partial charge in [-0.25, -0.2) is 4.99 Å². The Hall–Kier alpha value is -2.50. The number of carbonyl (C=O) groups is 1. The Labute approximate surface area is 186 Å². The fraction of sp³-hybridized carbons (Fsp3) is 0.304. The van der Waals surface area contributed by atoms with Crippen molar-refractivity contribution in [3.05, 3.63) is 81.8 Å². The third-order valence-electron chi connectivity index (χ3n) is 4.58. The number of hydrogen-bond donors (Lipinski definition) is 0. The van der Waals surface area contributed by atoms with Crippen LogP contribution >= 0.6 is 23.2 Å². The third kappa shape index (κ3) is 6.25. The van der Waals surface area contributed by atoms with Crippen molar-refractivity contribution in [2.24, 2.45) is 4.99 Å². The van der Waals surface area contributed by atoms with Crippen molar-refractivity contribution in [3.63, 3.8) is 0 Å². The first-order valence-electron chi connectivity index (χ1n) is 9.92. The highest BCUT2D eigenvalue weighted by Crippen LogP contribution is 2.28. The molecular weight excluding hydrogens is 421 g/mol. The SMILES string of the molecule is CCCCCOC1=CC(=NC(=O)Cc2ccc(Cl)c(Cl)c2)C=CC1c1cccnn1. The van der Waals surface area contributed by atoms with Gasteiger partial charge in [0.2, 0.25) is 0 Å². The Morgan fingerprint density at radius 1 is 1.20 bits per heavy atom. The Kier molecular flexibility index (Phi) is 8.17. The normalized spacial score (nSPS) is 17.1. The summed E-state index contributed by atoms with van der Waals surface area (Å²) in [5, 5.41) is 9.04. The maximum atomic E-state index is 12.4. The summed E-state index contributed by atoms with van der Waals surface area (Å²) in [5.74, 6) is 0.298. The predicted octanol–water partition coefficient (Wildman–Crippen LogP) is 5.74.